The van der Waals surface area contributed by atoms with Crippen LogP contribution in [0, 0.1) is 6.92 Å². The Balaban J connectivity index is 2.31. The maximum absolute atomic E-state index is 9.90. The van der Waals surface area contributed by atoms with E-state index in [1.807, 2.05) is 0 Å². The van der Waals surface area contributed by atoms with E-state index in [9.17, 15) is 10.2 Å². The van der Waals surface area contributed by atoms with E-state index in [-0.39, 0.29) is 11.5 Å². The minimum absolute atomic E-state index is 0.164. The standard InChI is InChI=1S/C10H16N4O5/c1-4-6(9(11)13-18)12-3-14(4)10-8(17)7(16)5(2-15)19-10/h3,5,7-8,10,15-18H,2H2,1H3,(H2,11,13)/t5-,7-,8-,10-/m1/s1. The Morgan fingerprint density at radius 1 is 1.53 bits per heavy atom. The Labute approximate surface area is 108 Å². The van der Waals surface area contributed by atoms with Crippen LogP contribution in [-0.4, -0.2) is 60.8 Å². The summed E-state index contributed by atoms with van der Waals surface area (Å²) >= 11 is 0. The number of nitrogens with two attached hydrogens (primary N) is 1. The van der Waals surface area contributed by atoms with Crippen molar-refractivity contribution in [3.63, 3.8) is 0 Å². The zero-order valence-electron chi connectivity index (χ0n) is 10.2. The summed E-state index contributed by atoms with van der Waals surface area (Å²) in [5.74, 6) is -0.164. The number of aliphatic hydroxyl groups is 3. The van der Waals surface area contributed by atoms with E-state index in [1.54, 1.807) is 6.92 Å². The van der Waals surface area contributed by atoms with Gasteiger partial charge in [0.15, 0.2) is 12.1 Å². The first-order valence-corrected chi connectivity index (χ1v) is 5.65. The molecule has 0 aliphatic carbocycles. The molecular formula is C10H16N4O5. The monoisotopic (exact) mass is 272 g/mol. The van der Waals surface area contributed by atoms with Crippen molar-refractivity contribution in [1.29, 1.82) is 0 Å². The number of hydrogen-bond donors (Lipinski definition) is 5. The Bertz CT molecular complexity index is 488. The van der Waals surface area contributed by atoms with Crippen LogP contribution in [0.3, 0.4) is 0 Å². The van der Waals surface area contributed by atoms with Gasteiger partial charge in [0.2, 0.25) is 0 Å². The van der Waals surface area contributed by atoms with Crippen LogP contribution in [0.5, 0.6) is 0 Å². The van der Waals surface area contributed by atoms with Gasteiger partial charge in [0.05, 0.1) is 12.9 Å². The van der Waals surface area contributed by atoms with Crippen LogP contribution in [0.1, 0.15) is 17.6 Å². The van der Waals surface area contributed by atoms with E-state index in [0.717, 1.165) is 0 Å². The molecule has 2 heterocycles. The normalized spacial score (nSPS) is 31.9. The molecule has 0 spiro atoms. The predicted molar refractivity (Wildman–Crippen MR) is 62.5 cm³/mol. The number of nitrogens with zero attached hydrogens (tertiary/aromatic N) is 3. The highest BCUT2D eigenvalue weighted by atomic mass is 16.6. The lowest BCUT2D eigenvalue weighted by atomic mass is 10.1. The van der Waals surface area contributed by atoms with Crippen molar-refractivity contribution in [3.05, 3.63) is 17.7 Å². The highest BCUT2D eigenvalue weighted by molar-refractivity contribution is 5.96. The molecule has 1 aliphatic rings. The predicted octanol–water partition coefficient (Wildman–Crippen LogP) is -2.10. The van der Waals surface area contributed by atoms with Gasteiger partial charge in [-0.3, -0.25) is 0 Å². The minimum atomic E-state index is -1.20. The topological polar surface area (TPSA) is 146 Å². The fourth-order valence-corrected chi connectivity index (χ4v) is 2.09. The summed E-state index contributed by atoms with van der Waals surface area (Å²) in [5.41, 5.74) is 6.21. The molecule has 0 radical (unpaired) electrons. The number of aliphatic hydroxyl groups excluding tert-OH is 3. The van der Waals surface area contributed by atoms with Crippen LogP contribution in [0.2, 0.25) is 0 Å². The Morgan fingerprint density at radius 2 is 2.21 bits per heavy atom. The van der Waals surface area contributed by atoms with E-state index in [4.69, 9.17) is 20.8 Å². The van der Waals surface area contributed by atoms with Gasteiger partial charge < -0.3 is 35.6 Å². The molecule has 6 N–H and O–H groups in total. The summed E-state index contributed by atoms with van der Waals surface area (Å²) in [4.78, 5) is 3.95. The number of oxime groups is 1. The average molecular weight is 272 g/mol. The van der Waals surface area contributed by atoms with Crippen LogP contribution in [-0.2, 0) is 4.74 Å². The van der Waals surface area contributed by atoms with E-state index in [1.165, 1.54) is 10.9 Å². The van der Waals surface area contributed by atoms with Crippen molar-refractivity contribution in [2.75, 3.05) is 6.61 Å². The lowest BCUT2D eigenvalue weighted by molar-refractivity contribution is -0.0536. The van der Waals surface area contributed by atoms with Gasteiger partial charge in [-0.15, -0.1) is 0 Å². The molecule has 1 saturated heterocycles. The number of imidazole rings is 1. The molecule has 1 aromatic heterocycles. The average Bonchev–Trinajstić information content (AvgIpc) is 2.91. The fraction of sp³-hybridized carbons (Fsp3) is 0.600. The molecule has 2 rings (SSSR count). The Hall–Kier alpha value is -1.68. The molecule has 9 nitrogen and oxygen atoms in total. The van der Waals surface area contributed by atoms with Gasteiger partial charge in [0, 0.05) is 5.69 Å². The van der Waals surface area contributed by atoms with Crippen molar-refractivity contribution in [1.82, 2.24) is 9.55 Å². The Kier molecular flexibility index (Phi) is 3.71. The summed E-state index contributed by atoms with van der Waals surface area (Å²) < 4.78 is 6.81. The van der Waals surface area contributed by atoms with Crippen molar-refractivity contribution < 1.29 is 25.3 Å². The summed E-state index contributed by atoms with van der Waals surface area (Å²) in [7, 11) is 0. The molecule has 19 heavy (non-hydrogen) atoms. The van der Waals surface area contributed by atoms with Crippen LogP contribution in [0.25, 0.3) is 0 Å². The van der Waals surface area contributed by atoms with E-state index in [0.29, 0.717) is 5.69 Å². The van der Waals surface area contributed by atoms with E-state index >= 15 is 0 Å². The fourth-order valence-electron chi connectivity index (χ4n) is 2.09. The van der Waals surface area contributed by atoms with Crippen molar-refractivity contribution >= 4 is 5.84 Å². The first-order chi connectivity index (χ1) is 9.01. The van der Waals surface area contributed by atoms with Gasteiger partial charge in [-0.25, -0.2) is 4.98 Å². The Morgan fingerprint density at radius 3 is 2.74 bits per heavy atom. The van der Waals surface area contributed by atoms with Gasteiger partial charge in [0.1, 0.15) is 24.0 Å². The molecule has 4 atom stereocenters. The molecule has 106 valence electrons. The SMILES string of the molecule is Cc1c(/C(N)=N\O)ncn1[C@@H]1O[C@H](CO)[C@@H](O)[C@H]1O. The van der Waals surface area contributed by atoms with Gasteiger partial charge >= 0.3 is 0 Å². The molecule has 9 heteroatoms. The van der Waals surface area contributed by atoms with Crippen LogP contribution in [0.4, 0.5) is 0 Å². The van der Waals surface area contributed by atoms with Crippen molar-refractivity contribution in [2.45, 2.75) is 31.5 Å². The molecule has 1 fully saturated rings. The maximum atomic E-state index is 9.90. The molecule has 0 aromatic carbocycles. The molecule has 0 amide bonds. The summed E-state index contributed by atoms with van der Waals surface area (Å²) in [6.45, 7) is 1.24. The molecule has 1 aromatic rings. The lowest BCUT2D eigenvalue weighted by Crippen LogP contribution is -2.33. The molecule has 0 unspecified atom stereocenters. The zero-order chi connectivity index (χ0) is 14.2. The second-order valence-corrected chi connectivity index (χ2v) is 4.30. The number of ether oxygens (including phenoxy) is 1. The number of amidine groups is 1. The summed E-state index contributed by atoms with van der Waals surface area (Å²) in [6, 6.07) is 0. The van der Waals surface area contributed by atoms with E-state index < -0.39 is 31.1 Å². The number of hydrogen-bond acceptors (Lipinski definition) is 7. The molecule has 1 aliphatic heterocycles. The quantitative estimate of drug-likeness (QED) is 0.183. The van der Waals surface area contributed by atoms with Crippen molar-refractivity contribution in [2.24, 2.45) is 10.9 Å². The van der Waals surface area contributed by atoms with Crippen molar-refractivity contribution in [3.8, 4) is 0 Å². The lowest BCUT2D eigenvalue weighted by Gasteiger charge is -2.17. The molecule has 0 saturated carbocycles. The smallest absolute Gasteiger partial charge is 0.190 e. The second kappa shape index (κ2) is 5.13. The summed E-state index contributed by atoms with van der Waals surface area (Å²) in [6.07, 6.45) is -2.80. The summed E-state index contributed by atoms with van der Waals surface area (Å²) in [5, 5.41) is 40.1. The number of aromatic nitrogens is 2. The highest BCUT2D eigenvalue weighted by Crippen LogP contribution is 2.30. The number of rotatable bonds is 3. The third-order valence-corrected chi connectivity index (χ3v) is 3.18. The molecular weight excluding hydrogens is 256 g/mol. The van der Waals surface area contributed by atoms with Gasteiger partial charge in [0.25, 0.3) is 0 Å². The highest BCUT2D eigenvalue weighted by Gasteiger charge is 2.43. The zero-order valence-corrected chi connectivity index (χ0v) is 10.2. The maximum Gasteiger partial charge on any atom is 0.190 e. The van der Waals surface area contributed by atoms with Crippen LogP contribution < -0.4 is 5.73 Å². The van der Waals surface area contributed by atoms with Gasteiger partial charge in [-0.05, 0) is 6.92 Å². The third-order valence-electron chi connectivity index (χ3n) is 3.18. The van der Waals surface area contributed by atoms with Gasteiger partial charge in [-0.2, -0.15) is 0 Å². The minimum Gasteiger partial charge on any atom is -0.409 e. The van der Waals surface area contributed by atoms with Crippen LogP contribution in [0.15, 0.2) is 11.5 Å². The molecule has 0 bridgehead atoms. The first-order valence-electron chi connectivity index (χ1n) is 5.65. The van der Waals surface area contributed by atoms with E-state index in [2.05, 4.69) is 10.1 Å². The largest absolute Gasteiger partial charge is 0.409 e. The van der Waals surface area contributed by atoms with Crippen LogP contribution >= 0.6 is 0 Å². The third kappa shape index (κ3) is 2.16. The second-order valence-electron chi connectivity index (χ2n) is 4.30. The first kappa shape index (κ1) is 13.7. The van der Waals surface area contributed by atoms with Gasteiger partial charge in [-0.1, -0.05) is 5.16 Å².